The van der Waals surface area contributed by atoms with Crippen LogP contribution in [0.3, 0.4) is 0 Å². The number of rotatable bonds is 1. The molecule has 0 aromatic rings. The van der Waals surface area contributed by atoms with Crippen LogP contribution >= 0.6 is 0 Å². The van der Waals surface area contributed by atoms with E-state index >= 15 is 0 Å². The maximum absolute atomic E-state index is 9.57. The molecule has 2 fully saturated rings. The lowest BCUT2D eigenvalue weighted by molar-refractivity contribution is 0.0302. The second-order valence-corrected chi connectivity index (χ2v) is 4.35. The highest BCUT2D eigenvalue weighted by molar-refractivity contribution is 5.17. The lowest BCUT2D eigenvalue weighted by Crippen LogP contribution is -2.39. The molecule has 2 saturated carbocycles. The zero-order chi connectivity index (χ0) is 8.55. The van der Waals surface area contributed by atoms with Gasteiger partial charge in [0, 0.05) is 5.92 Å². The maximum atomic E-state index is 9.57. The predicted molar refractivity (Wildman–Crippen MR) is 49.8 cm³/mol. The molecule has 0 radical (unpaired) electrons. The van der Waals surface area contributed by atoms with Gasteiger partial charge in [-0.1, -0.05) is 31.4 Å². The SMILES string of the molecule is C=C1C[C@H](O)[C@H]1C1CCCCC1. The molecule has 0 aliphatic heterocycles. The Morgan fingerprint density at radius 2 is 1.83 bits per heavy atom. The summed E-state index contributed by atoms with van der Waals surface area (Å²) in [5, 5.41) is 9.57. The van der Waals surface area contributed by atoms with Crippen molar-refractivity contribution in [3.05, 3.63) is 12.2 Å². The molecule has 68 valence electrons. The van der Waals surface area contributed by atoms with Crippen molar-refractivity contribution in [2.45, 2.75) is 44.6 Å². The van der Waals surface area contributed by atoms with E-state index in [1.165, 1.54) is 37.7 Å². The largest absolute Gasteiger partial charge is 0.392 e. The van der Waals surface area contributed by atoms with E-state index in [-0.39, 0.29) is 6.10 Å². The van der Waals surface area contributed by atoms with E-state index in [9.17, 15) is 5.11 Å². The topological polar surface area (TPSA) is 20.2 Å². The zero-order valence-corrected chi connectivity index (χ0v) is 7.63. The molecule has 2 aliphatic rings. The Hall–Kier alpha value is -0.300. The number of hydrogen-bond acceptors (Lipinski definition) is 1. The average Bonchev–Trinajstić information content (AvgIpc) is 2.05. The van der Waals surface area contributed by atoms with Crippen molar-refractivity contribution in [3.8, 4) is 0 Å². The Morgan fingerprint density at radius 1 is 1.17 bits per heavy atom. The molecule has 2 atom stereocenters. The fourth-order valence-corrected chi connectivity index (χ4v) is 2.78. The predicted octanol–water partition coefficient (Wildman–Crippen LogP) is 2.50. The fourth-order valence-electron chi connectivity index (χ4n) is 2.78. The first-order chi connectivity index (χ1) is 5.79. The Kier molecular flexibility index (Phi) is 2.22. The minimum absolute atomic E-state index is 0.0550. The third-order valence-electron chi connectivity index (χ3n) is 3.51. The van der Waals surface area contributed by atoms with Gasteiger partial charge in [0.25, 0.3) is 0 Å². The first-order valence-corrected chi connectivity index (χ1v) is 5.15. The summed E-state index contributed by atoms with van der Waals surface area (Å²) in [6, 6.07) is 0. The molecular formula is C11H18O. The van der Waals surface area contributed by atoms with Gasteiger partial charge in [-0.15, -0.1) is 0 Å². The second-order valence-electron chi connectivity index (χ2n) is 4.35. The molecular weight excluding hydrogens is 148 g/mol. The molecule has 0 bridgehead atoms. The molecule has 2 rings (SSSR count). The quantitative estimate of drug-likeness (QED) is 0.593. The summed E-state index contributed by atoms with van der Waals surface area (Å²) in [6.45, 7) is 4.01. The Morgan fingerprint density at radius 3 is 2.33 bits per heavy atom. The smallest absolute Gasteiger partial charge is 0.0645 e. The summed E-state index contributed by atoms with van der Waals surface area (Å²) >= 11 is 0. The Bertz CT molecular complexity index is 179. The van der Waals surface area contributed by atoms with E-state index in [4.69, 9.17) is 0 Å². The molecule has 0 heterocycles. The molecule has 0 amide bonds. The molecule has 0 aromatic carbocycles. The van der Waals surface area contributed by atoms with E-state index < -0.39 is 0 Å². The van der Waals surface area contributed by atoms with Gasteiger partial charge in [0.2, 0.25) is 0 Å². The van der Waals surface area contributed by atoms with Crippen LogP contribution in [0.4, 0.5) is 0 Å². The van der Waals surface area contributed by atoms with Crippen molar-refractivity contribution in [1.82, 2.24) is 0 Å². The third kappa shape index (κ3) is 1.31. The van der Waals surface area contributed by atoms with E-state index in [0.29, 0.717) is 5.92 Å². The van der Waals surface area contributed by atoms with Crippen LogP contribution in [0.5, 0.6) is 0 Å². The molecule has 12 heavy (non-hydrogen) atoms. The summed E-state index contributed by atoms with van der Waals surface area (Å²) in [7, 11) is 0. The molecule has 1 heteroatoms. The van der Waals surface area contributed by atoms with Crippen LogP contribution < -0.4 is 0 Å². The maximum Gasteiger partial charge on any atom is 0.0645 e. The summed E-state index contributed by atoms with van der Waals surface area (Å²) in [4.78, 5) is 0. The van der Waals surface area contributed by atoms with Crippen LogP contribution in [0.2, 0.25) is 0 Å². The van der Waals surface area contributed by atoms with E-state index in [1.54, 1.807) is 0 Å². The number of hydrogen-bond donors (Lipinski definition) is 1. The molecule has 1 N–H and O–H groups in total. The highest BCUT2D eigenvalue weighted by Gasteiger charge is 2.38. The van der Waals surface area contributed by atoms with Gasteiger partial charge in [-0.3, -0.25) is 0 Å². The van der Waals surface area contributed by atoms with Crippen molar-refractivity contribution >= 4 is 0 Å². The first-order valence-electron chi connectivity index (χ1n) is 5.15. The molecule has 0 spiro atoms. The van der Waals surface area contributed by atoms with Crippen molar-refractivity contribution < 1.29 is 5.11 Å². The van der Waals surface area contributed by atoms with Crippen molar-refractivity contribution in [1.29, 1.82) is 0 Å². The molecule has 0 saturated heterocycles. The molecule has 2 aliphatic carbocycles. The monoisotopic (exact) mass is 166 g/mol. The molecule has 0 unspecified atom stereocenters. The molecule has 0 aromatic heterocycles. The van der Waals surface area contributed by atoms with Gasteiger partial charge in [-0.2, -0.15) is 0 Å². The van der Waals surface area contributed by atoms with Crippen molar-refractivity contribution in [2.24, 2.45) is 11.8 Å². The summed E-state index contributed by atoms with van der Waals surface area (Å²) < 4.78 is 0. The van der Waals surface area contributed by atoms with E-state index in [1.807, 2.05) is 0 Å². The van der Waals surface area contributed by atoms with Crippen LogP contribution in [0, 0.1) is 11.8 Å². The average molecular weight is 166 g/mol. The molecule has 1 nitrogen and oxygen atoms in total. The van der Waals surface area contributed by atoms with Gasteiger partial charge < -0.3 is 5.11 Å². The fraction of sp³-hybridized carbons (Fsp3) is 0.818. The summed E-state index contributed by atoms with van der Waals surface area (Å²) in [6.07, 6.45) is 7.57. The van der Waals surface area contributed by atoms with Gasteiger partial charge in [0.1, 0.15) is 0 Å². The third-order valence-corrected chi connectivity index (χ3v) is 3.51. The van der Waals surface area contributed by atoms with Gasteiger partial charge >= 0.3 is 0 Å². The lowest BCUT2D eigenvalue weighted by Gasteiger charge is -2.42. The highest BCUT2D eigenvalue weighted by Crippen LogP contribution is 2.44. The van der Waals surface area contributed by atoms with Crippen molar-refractivity contribution in [2.75, 3.05) is 0 Å². The Balaban J connectivity index is 1.93. The number of aliphatic hydroxyl groups is 1. The van der Waals surface area contributed by atoms with E-state index in [0.717, 1.165) is 12.3 Å². The zero-order valence-electron chi connectivity index (χ0n) is 7.63. The minimum atomic E-state index is -0.0550. The normalized spacial score (nSPS) is 37.9. The van der Waals surface area contributed by atoms with Crippen LogP contribution in [-0.4, -0.2) is 11.2 Å². The standard InChI is InChI=1S/C11H18O/c1-8-7-10(12)11(8)9-5-3-2-4-6-9/h9-12H,1-7H2/t10-,11+/m0/s1. The van der Waals surface area contributed by atoms with Crippen LogP contribution in [0.25, 0.3) is 0 Å². The van der Waals surface area contributed by atoms with Crippen LogP contribution in [0.1, 0.15) is 38.5 Å². The van der Waals surface area contributed by atoms with Gasteiger partial charge in [0.05, 0.1) is 6.10 Å². The lowest BCUT2D eigenvalue weighted by atomic mass is 9.65. The van der Waals surface area contributed by atoms with Gasteiger partial charge in [-0.25, -0.2) is 0 Å². The van der Waals surface area contributed by atoms with Crippen molar-refractivity contribution in [3.63, 3.8) is 0 Å². The minimum Gasteiger partial charge on any atom is -0.392 e. The second kappa shape index (κ2) is 3.21. The van der Waals surface area contributed by atoms with E-state index in [2.05, 4.69) is 6.58 Å². The highest BCUT2D eigenvalue weighted by atomic mass is 16.3. The summed E-state index contributed by atoms with van der Waals surface area (Å²) in [5.41, 5.74) is 1.30. The van der Waals surface area contributed by atoms with Crippen LogP contribution in [0.15, 0.2) is 12.2 Å². The summed E-state index contributed by atoms with van der Waals surface area (Å²) in [5.74, 6) is 1.22. The van der Waals surface area contributed by atoms with Crippen LogP contribution in [-0.2, 0) is 0 Å². The van der Waals surface area contributed by atoms with Gasteiger partial charge in [0.15, 0.2) is 0 Å². The van der Waals surface area contributed by atoms with Gasteiger partial charge in [-0.05, 0) is 25.2 Å². The Labute approximate surface area is 74.5 Å². The first kappa shape index (κ1) is 8.31. The number of aliphatic hydroxyl groups excluding tert-OH is 1.